The average molecular weight is 101 g/mol. The highest BCUT2D eigenvalue weighted by atomic mass is 16.5. The number of ether oxygens (including phenoxy) is 1. The van der Waals surface area contributed by atoms with Gasteiger partial charge in [-0.2, -0.15) is 0 Å². The normalized spacial score (nSPS) is 42.0. The van der Waals surface area contributed by atoms with E-state index in [1.807, 2.05) is 0 Å². The molecule has 42 valence electrons. The molecule has 0 radical (unpaired) electrons. The Morgan fingerprint density at radius 3 is 2.43 bits per heavy atom. The van der Waals surface area contributed by atoms with E-state index in [9.17, 15) is 0 Å². The Morgan fingerprint density at radius 2 is 2.29 bits per heavy atom. The lowest BCUT2D eigenvalue weighted by molar-refractivity contribution is 0.118. The predicted octanol–water partition coefficient (Wildman–Crippen LogP) is 0.341. The Hall–Kier alpha value is -0.0800. The molecule has 0 unspecified atom stereocenters. The average Bonchev–Trinajstić information content (AvgIpc) is 1.91. The van der Waals surface area contributed by atoms with Gasteiger partial charge >= 0.3 is 0 Å². The number of hydrogen-bond donors (Lipinski definition) is 1. The van der Waals surface area contributed by atoms with Crippen LogP contribution in [0.15, 0.2) is 0 Å². The number of nitrogens with one attached hydrogen (secondary N) is 1. The van der Waals surface area contributed by atoms with Crippen molar-refractivity contribution in [2.45, 2.75) is 26.0 Å². The van der Waals surface area contributed by atoms with Crippen molar-refractivity contribution < 1.29 is 4.74 Å². The van der Waals surface area contributed by atoms with Crippen molar-refractivity contribution in [3.8, 4) is 0 Å². The Labute approximate surface area is 43.9 Å². The summed E-state index contributed by atoms with van der Waals surface area (Å²) < 4.78 is 5.15. The third-order valence-corrected chi connectivity index (χ3v) is 1.46. The second-order valence-electron chi connectivity index (χ2n) is 2.01. The summed E-state index contributed by atoms with van der Waals surface area (Å²) in [5, 5.41) is 3.15. The molecule has 7 heavy (non-hydrogen) atoms. The van der Waals surface area contributed by atoms with Crippen molar-refractivity contribution in [1.82, 2.24) is 5.32 Å². The molecule has 0 saturated carbocycles. The Bertz CT molecular complexity index is 57.1. The maximum absolute atomic E-state index is 5.15. The first-order valence-electron chi connectivity index (χ1n) is 2.65. The van der Waals surface area contributed by atoms with Crippen molar-refractivity contribution >= 4 is 0 Å². The minimum absolute atomic E-state index is 0.403. The largest absolute Gasteiger partial charge is 0.362 e. The molecule has 0 aliphatic carbocycles. The van der Waals surface area contributed by atoms with Crippen LogP contribution in [0.2, 0.25) is 0 Å². The van der Waals surface area contributed by atoms with E-state index in [4.69, 9.17) is 4.74 Å². The van der Waals surface area contributed by atoms with Crippen LogP contribution >= 0.6 is 0 Å². The van der Waals surface area contributed by atoms with E-state index in [0.717, 1.165) is 6.73 Å². The highest BCUT2D eigenvalue weighted by molar-refractivity contribution is 4.71. The van der Waals surface area contributed by atoms with Gasteiger partial charge in [0.05, 0.1) is 12.8 Å². The predicted molar refractivity (Wildman–Crippen MR) is 28.0 cm³/mol. The van der Waals surface area contributed by atoms with E-state index in [-0.39, 0.29) is 0 Å². The molecule has 1 N–H and O–H groups in total. The fraction of sp³-hybridized carbons (Fsp3) is 1.00. The zero-order valence-electron chi connectivity index (χ0n) is 4.77. The van der Waals surface area contributed by atoms with Gasteiger partial charge in [-0.1, -0.05) is 0 Å². The molecule has 0 aromatic carbocycles. The van der Waals surface area contributed by atoms with Gasteiger partial charge in [-0.3, -0.25) is 5.32 Å². The summed E-state index contributed by atoms with van der Waals surface area (Å²) in [4.78, 5) is 0. The van der Waals surface area contributed by atoms with Gasteiger partial charge < -0.3 is 4.74 Å². The Morgan fingerprint density at radius 1 is 1.57 bits per heavy atom. The summed E-state index contributed by atoms with van der Waals surface area (Å²) in [6.45, 7) is 4.92. The van der Waals surface area contributed by atoms with Gasteiger partial charge in [0.25, 0.3) is 0 Å². The van der Waals surface area contributed by atoms with Crippen molar-refractivity contribution in [1.29, 1.82) is 0 Å². The summed E-state index contributed by atoms with van der Waals surface area (Å²) in [6.07, 6.45) is 0.403. The minimum atomic E-state index is 0.403. The molecule has 2 heteroatoms. The minimum Gasteiger partial charge on any atom is -0.362 e. The molecule has 2 nitrogen and oxygen atoms in total. The molecule has 1 heterocycles. The first kappa shape index (κ1) is 5.06. The molecule has 0 spiro atoms. The van der Waals surface area contributed by atoms with Crippen molar-refractivity contribution in [2.24, 2.45) is 0 Å². The highest BCUT2D eigenvalue weighted by Gasteiger charge is 2.17. The molecular weight excluding hydrogens is 90.1 g/mol. The van der Waals surface area contributed by atoms with Crippen LogP contribution < -0.4 is 5.32 Å². The van der Waals surface area contributed by atoms with E-state index < -0.39 is 0 Å². The van der Waals surface area contributed by atoms with Crippen molar-refractivity contribution in [2.75, 3.05) is 6.73 Å². The molecule has 0 bridgehead atoms. The van der Waals surface area contributed by atoms with E-state index in [1.54, 1.807) is 0 Å². The summed E-state index contributed by atoms with van der Waals surface area (Å²) in [5.41, 5.74) is 0. The fourth-order valence-electron chi connectivity index (χ4n) is 0.621. The summed E-state index contributed by atoms with van der Waals surface area (Å²) >= 11 is 0. The van der Waals surface area contributed by atoms with Crippen molar-refractivity contribution in [3.05, 3.63) is 0 Å². The first-order chi connectivity index (χ1) is 3.30. The van der Waals surface area contributed by atoms with Crippen LogP contribution in [-0.4, -0.2) is 18.9 Å². The molecule has 1 aliphatic heterocycles. The molecule has 0 amide bonds. The topological polar surface area (TPSA) is 21.3 Å². The van der Waals surface area contributed by atoms with Gasteiger partial charge in [0.15, 0.2) is 0 Å². The van der Waals surface area contributed by atoms with Gasteiger partial charge in [-0.15, -0.1) is 0 Å². The molecule has 1 saturated heterocycles. The molecule has 1 rings (SSSR count). The fourth-order valence-corrected chi connectivity index (χ4v) is 0.621. The van der Waals surface area contributed by atoms with Crippen LogP contribution in [0.1, 0.15) is 13.8 Å². The molecule has 1 aliphatic rings. The van der Waals surface area contributed by atoms with E-state index >= 15 is 0 Å². The second-order valence-corrected chi connectivity index (χ2v) is 2.01. The van der Waals surface area contributed by atoms with Crippen LogP contribution in [0.3, 0.4) is 0 Å². The van der Waals surface area contributed by atoms with E-state index in [2.05, 4.69) is 19.2 Å². The zero-order valence-corrected chi connectivity index (χ0v) is 4.77. The molecule has 0 aromatic heterocycles. The number of hydrogen-bond acceptors (Lipinski definition) is 2. The number of rotatable bonds is 0. The second kappa shape index (κ2) is 1.80. The molecule has 1 fully saturated rings. The van der Waals surface area contributed by atoms with Crippen LogP contribution in [0, 0.1) is 0 Å². The lowest BCUT2D eigenvalue weighted by Gasteiger charge is -2.03. The lowest BCUT2D eigenvalue weighted by atomic mass is 10.2. The zero-order chi connectivity index (χ0) is 5.28. The van der Waals surface area contributed by atoms with E-state index in [0.29, 0.717) is 12.1 Å². The molecule has 2 atom stereocenters. The Kier molecular flexibility index (Phi) is 1.30. The van der Waals surface area contributed by atoms with Gasteiger partial charge in [0.1, 0.15) is 0 Å². The van der Waals surface area contributed by atoms with Gasteiger partial charge in [0, 0.05) is 6.04 Å². The third-order valence-electron chi connectivity index (χ3n) is 1.46. The molecule has 0 aromatic rings. The lowest BCUT2D eigenvalue weighted by Crippen LogP contribution is -2.24. The third kappa shape index (κ3) is 0.924. The summed E-state index contributed by atoms with van der Waals surface area (Å²) in [7, 11) is 0. The monoisotopic (exact) mass is 101 g/mol. The maximum atomic E-state index is 5.15. The van der Waals surface area contributed by atoms with Crippen LogP contribution in [0.5, 0.6) is 0 Å². The summed E-state index contributed by atoms with van der Waals surface area (Å²) in [5.74, 6) is 0. The summed E-state index contributed by atoms with van der Waals surface area (Å²) in [6, 6.07) is 0.542. The Balaban J connectivity index is 2.33. The van der Waals surface area contributed by atoms with Crippen LogP contribution in [0.4, 0.5) is 0 Å². The highest BCUT2D eigenvalue weighted by Crippen LogP contribution is 2.02. The van der Waals surface area contributed by atoms with Gasteiger partial charge in [0.2, 0.25) is 0 Å². The molecular formula is C5H11NO. The van der Waals surface area contributed by atoms with Crippen molar-refractivity contribution in [3.63, 3.8) is 0 Å². The van der Waals surface area contributed by atoms with Crippen LogP contribution in [0.25, 0.3) is 0 Å². The SMILES string of the molecule is C[C@@H]1NCO[C@@H]1C. The van der Waals surface area contributed by atoms with Crippen LogP contribution in [-0.2, 0) is 4.74 Å². The van der Waals surface area contributed by atoms with Gasteiger partial charge in [-0.25, -0.2) is 0 Å². The smallest absolute Gasteiger partial charge is 0.0972 e. The maximum Gasteiger partial charge on any atom is 0.0972 e. The first-order valence-corrected chi connectivity index (χ1v) is 2.65. The quantitative estimate of drug-likeness (QED) is 0.475. The van der Waals surface area contributed by atoms with Gasteiger partial charge in [-0.05, 0) is 13.8 Å². The van der Waals surface area contributed by atoms with E-state index in [1.165, 1.54) is 0 Å². The standard InChI is InChI=1S/C5H11NO/c1-4-5(2)7-3-6-4/h4-6H,3H2,1-2H3/t4-,5+/m0/s1.